The summed E-state index contributed by atoms with van der Waals surface area (Å²) < 4.78 is 52.3. The van der Waals surface area contributed by atoms with Crippen molar-refractivity contribution >= 4 is 29.6 Å². The molecule has 11 heteroatoms. The van der Waals surface area contributed by atoms with Crippen LogP contribution in [0.3, 0.4) is 0 Å². The largest absolute Gasteiger partial charge is 0.494 e. The van der Waals surface area contributed by atoms with Crippen molar-refractivity contribution in [3.8, 4) is 17.4 Å². The summed E-state index contributed by atoms with van der Waals surface area (Å²) in [6.45, 7) is 2.72. The fourth-order valence-electron chi connectivity index (χ4n) is 3.79. The summed E-state index contributed by atoms with van der Waals surface area (Å²) in [4.78, 5) is 16.4. The highest BCUT2D eigenvalue weighted by Gasteiger charge is 2.35. The lowest BCUT2D eigenvalue weighted by Crippen LogP contribution is -2.34. The van der Waals surface area contributed by atoms with Crippen LogP contribution in [-0.2, 0) is 23.8 Å². The van der Waals surface area contributed by atoms with Crippen molar-refractivity contribution in [3.05, 3.63) is 68.0 Å². The zero-order valence-electron chi connectivity index (χ0n) is 18.0. The lowest BCUT2D eigenvalue weighted by molar-refractivity contribution is -0.138. The lowest BCUT2D eigenvalue weighted by atomic mass is 10.1. The Labute approximate surface area is 202 Å². The maximum atomic E-state index is 13.8. The van der Waals surface area contributed by atoms with E-state index < -0.39 is 11.7 Å². The molecule has 1 unspecified atom stereocenters. The number of ether oxygens (including phenoxy) is 2. The highest BCUT2D eigenvalue weighted by Crippen LogP contribution is 2.39. The van der Waals surface area contributed by atoms with Gasteiger partial charge >= 0.3 is 12.3 Å². The molecule has 1 aromatic heterocycles. The third-order valence-electron chi connectivity index (χ3n) is 5.45. The van der Waals surface area contributed by atoms with E-state index in [1.54, 1.807) is 29.2 Å². The van der Waals surface area contributed by atoms with Crippen molar-refractivity contribution in [3.63, 3.8) is 0 Å². The molecule has 3 aromatic rings. The Morgan fingerprint density at radius 1 is 1.24 bits per heavy atom. The van der Waals surface area contributed by atoms with Gasteiger partial charge in [0, 0.05) is 13.0 Å². The van der Waals surface area contributed by atoms with E-state index in [0.29, 0.717) is 34.0 Å². The van der Waals surface area contributed by atoms with E-state index >= 15 is 0 Å². The highest BCUT2D eigenvalue weighted by molar-refractivity contribution is 7.73. The van der Waals surface area contributed by atoms with Crippen LogP contribution in [0.1, 0.15) is 28.5 Å². The number of benzene rings is 2. The minimum atomic E-state index is -4.63. The molecule has 1 atom stereocenters. The second kappa shape index (κ2) is 9.67. The number of cyclic esters (lactones) is 1. The van der Waals surface area contributed by atoms with Crippen LogP contribution in [0.25, 0.3) is 0 Å². The predicted octanol–water partition coefficient (Wildman–Crippen LogP) is 6.30. The molecule has 0 saturated carbocycles. The standard InChI is InChI=1S/C23H21F3N2O4S2/c1-2-28-15(12-31-22(28)30)9-13-3-6-16(7-4-13)32-18-8-5-14(10-17(18)23(24,25)26)11-19-20(29)27-21(33)34-19/h3-8,10,15,29H,2,9,11-12H2,1H3,(H,27,33). The number of aromatic amines is 1. The number of carbonyl (C=O) groups excluding carboxylic acids is 1. The maximum Gasteiger partial charge on any atom is 0.419 e. The summed E-state index contributed by atoms with van der Waals surface area (Å²) in [6, 6.07) is 10.5. The minimum Gasteiger partial charge on any atom is -0.494 e. The summed E-state index contributed by atoms with van der Waals surface area (Å²) in [5.74, 6) is -0.198. The number of H-pyrrole nitrogens is 1. The number of thiazole rings is 1. The topological polar surface area (TPSA) is 74.8 Å². The zero-order chi connectivity index (χ0) is 24.5. The number of alkyl halides is 3. The van der Waals surface area contributed by atoms with Gasteiger partial charge in [-0.25, -0.2) is 4.79 Å². The number of hydrogen-bond donors (Lipinski definition) is 2. The maximum absolute atomic E-state index is 13.8. The SMILES string of the molecule is CCN1C(=O)OCC1Cc1ccc(Oc2ccc(Cc3sc(=S)[nH]c3O)cc2C(F)(F)F)cc1. The van der Waals surface area contributed by atoms with Gasteiger partial charge < -0.3 is 24.5 Å². The average molecular weight is 511 g/mol. The summed E-state index contributed by atoms with van der Waals surface area (Å²) in [5, 5.41) is 9.84. The molecule has 2 N–H and O–H groups in total. The van der Waals surface area contributed by atoms with Crippen molar-refractivity contribution in [2.75, 3.05) is 13.2 Å². The highest BCUT2D eigenvalue weighted by atomic mass is 32.1. The van der Waals surface area contributed by atoms with Crippen LogP contribution < -0.4 is 4.74 Å². The number of amides is 1. The molecule has 0 bridgehead atoms. The molecule has 6 nitrogen and oxygen atoms in total. The van der Waals surface area contributed by atoms with Gasteiger partial charge in [0.1, 0.15) is 18.1 Å². The lowest BCUT2D eigenvalue weighted by Gasteiger charge is -2.19. The number of hydrogen-bond acceptors (Lipinski definition) is 6. The van der Waals surface area contributed by atoms with Crippen LogP contribution in [0, 0.1) is 3.95 Å². The van der Waals surface area contributed by atoms with Gasteiger partial charge in [-0.2, -0.15) is 13.2 Å². The molecule has 1 aliphatic rings. The van der Waals surface area contributed by atoms with E-state index in [4.69, 9.17) is 21.7 Å². The zero-order valence-corrected chi connectivity index (χ0v) is 19.6. The molecule has 0 radical (unpaired) electrons. The van der Waals surface area contributed by atoms with Crippen molar-refractivity contribution in [1.82, 2.24) is 9.88 Å². The average Bonchev–Trinajstić information content (AvgIpc) is 3.29. The van der Waals surface area contributed by atoms with Gasteiger partial charge in [-0.1, -0.05) is 18.2 Å². The first-order valence-corrected chi connectivity index (χ1v) is 11.7. The smallest absolute Gasteiger partial charge is 0.419 e. The Hall–Kier alpha value is -3.05. The molecule has 2 heterocycles. The van der Waals surface area contributed by atoms with Gasteiger partial charge in [0.15, 0.2) is 3.95 Å². The molecule has 1 fully saturated rings. The molecule has 1 amide bonds. The van der Waals surface area contributed by atoms with E-state index in [9.17, 15) is 23.1 Å². The van der Waals surface area contributed by atoms with Gasteiger partial charge in [-0.3, -0.25) is 0 Å². The van der Waals surface area contributed by atoms with Gasteiger partial charge in [0.05, 0.1) is 16.5 Å². The van der Waals surface area contributed by atoms with Gasteiger partial charge in [-0.05, 0) is 61.0 Å². The van der Waals surface area contributed by atoms with Crippen LogP contribution in [0.4, 0.5) is 18.0 Å². The summed E-state index contributed by atoms with van der Waals surface area (Å²) in [5.41, 5.74) is 0.367. The molecule has 180 valence electrons. The van der Waals surface area contributed by atoms with Gasteiger partial charge in [-0.15, -0.1) is 11.3 Å². The van der Waals surface area contributed by atoms with E-state index in [1.807, 2.05) is 6.92 Å². The number of halogens is 3. The predicted molar refractivity (Wildman–Crippen MR) is 123 cm³/mol. The van der Waals surface area contributed by atoms with Gasteiger partial charge in [0.2, 0.25) is 5.88 Å². The fraction of sp³-hybridized carbons (Fsp3) is 0.304. The number of carbonyl (C=O) groups is 1. The van der Waals surface area contributed by atoms with E-state index in [0.717, 1.165) is 23.0 Å². The Kier molecular flexibility index (Phi) is 6.85. The van der Waals surface area contributed by atoms with E-state index in [2.05, 4.69) is 4.98 Å². The molecule has 4 rings (SSSR count). The number of nitrogens with zero attached hydrogens (tertiary/aromatic N) is 1. The summed E-state index contributed by atoms with van der Waals surface area (Å²) in [7, 11) is 0. The molecular weight excluding hydrogens is 489 g/mol. The Bertz CT molecular complexity index is 1240. The number of likely N-dealkylation sites (N-methyl/N-ethyl adjacent to an activating group) is 1. The van der Waals surface area contributed by atoms with Crippen molar-refractivity contribution in [1.29, 1.82) is 0 Å². The van der Waals surface area contributed by atoms with E-state index in [-0.39, 0.29) is 35.9 Å². The quantitative estimate of drug-likeness (QED) is 0.365. The van der Waals surface area contributed by atoms with Crippen LogP contribution >= 0.6 is 23.6 Å². The van der Waals surface area contributed by atoms with Crippen LogP contribution in [0.5, 0.6) is 17.4 Å². The monoisotopic (exact) mass is 510 g/mol. The second-order valence-electron chi connectivity index (χ2n) is 7.76. The number of rotatable bonds is 7. The van der Waals surface area contributed by atoms with E-state index in [1.165, 1.54) is 12.1 Å². The first-order chi connectivity index (χ1) is 16.1. The first kappa shape index (κ1) is 24.1. The minimum absolute atomic E-state index is 0.0780. The number of nitrogens with one attached hydrogen (secondary N) is 1. The third kappa shape index (κ3) is 5.36. The first-order valence-electron chi connectivity index (χ1n) is 10.4. The molecule has 1 aliphatic heterocycles. The molecule has 2 aromatic carbocycles. The Morgan fingerprint density at radius 3 is 2.56 bits per heavy atom. The van der Waals surface area contributed by atoms with Crippen LogP contribution in [0.15, 0.2) is 42.5 Å². The molecule has 34 heavy (non-hydrogen) atoms. The van der Waals surface area contributed by atoms with Crippen LogP contribution in [-0.4, -0.2) is 40.3 Å². The van der Waals surface area contributed by atoms with Gasteiger partial charge in [0.25, 0.3) is 0 Å². The molecule has 0 aliphatic carbocycles. The van der Waals surface area contributed by atoms with Crippen molar-refractivity contribution < 1.29 is 32.5 Å². The second-order valence-corrected chi connectivity index (χ2v) is 9.53. The molecule has 1 saturated heterocycles. The third-order valence-corrected chi connectivity index (χ3v) is 6.68. The summed E-state index contributed by atoms with van der Waals surface area (Å²) >= 11 is 6.07. The number of aromatic hydroxyl groups is 1. The Morgan fingerprint density at radius 2 is 1.94 bits per heavy atom. The Balaban J connectivity index is 1.51. The molecule has 0 spiro atoms. The number of aromatic nitrogens is 1. The van der Waals surface area contributed by atoms with Crippen LogP contribution in [0.2, 0.25) is 0 Å². The normalized spacial score (nSPS) is 16.1. The summed E-state index contributed by atoms with van der Waals surface area (Å²) in [6.07, 6.45) is -4.30. The molecular formula is C23H21F3N2O4S2. The van der Waals surface area contributed by atoms with Crippen molar-refractivity contribution in [2.24, 2.45) is 0 Å². The van der Waals surface area contributed by atoms with Crippen molar-refractivity contribution in [2.45, 2.75) is 32.0 Å². The fourth-order valence-corrected chi connectivity index (χ4v) is 4.95.